The summed E-state index contributed by atoms with van der Waals surface area (Å²) in [5.41, 5.74) is 0. The van der Waals surface area contributed by atoms with Crippen LogP contribution in [-0.4, -0.2) is 102 Å². The Bertz CT molecular complexity index is 1090. The molecular weight excluding hydrogens is 559 g/mol. The molecule has 0 amide bonds. The first-order valence-electron chi connectivity index (χ1n) is 12.5. The van der Waals surface area contributed by atoms with Crippen LogP contribution in [0, 0.1) is 0 Å². The van der Waals surface area contributed by atoms with Crippen LogP contribution < -0.4 is 31.9 Å². The summed E-state index contributed by atoms with van der Waals surface area (Å²) in [6.45, 7) is 8.42. The Kier molecular flexibility index (Phi) is 13.1. The van der Waals surface area contributed by atoms with Gasteiger partial charge < -0.3 is 31.9 Å². The molecule has 3 heterocycles. The SMILES string of the molecule is CCSc1nc(NC)nc(NCCNc2nc(NCCNc3nc(NC)nc(SCC)n3)nc(SCC)n2)n1. The Morgan fingerprint density at radius 1 is 0.410 bits per heavy atom. The first kappa shape index (κ1) is 30.4. The second-order valence-corrected chi connectivity index (χ2v) is 11.0. The van der Waals surface area contributed by atoms with Crippen LogP contribution in [0.3, 0.4) is 0 Å². The van der Waals surface area contributed by atoms with Crippen molar-refractivity contribution < 1.29 is 0 Å². The molecule has 0 aliphatic rings. The van der Waals surface area contributed by atoms with Gasteiger partial charge in [0, 0.05) is 40.3 Å². The smallest absolute Gasteiger partial charge is 0.228 e. The second-order valence-electron chi connectivity index (χ2n) is 7.30. The van der Waals surface area contributed by atoms with E-state index in [1.807, 2.05) is 0 Å². The lowest BCUT2D eigenvalue weighted by Crippen LogP contribution is -2.20. The number of nitrogens with one attached hydrogen (secondary N) is 6. The van der Waals surface area contributed by atoms with Crippen molar-refractivity contribution in [1.29, 1.82) is 0 Å². The lowest BCUT2D eigenvalue weighted by molar-refractivity contribution is 0.869. The number of anilines is 6. The highest BCUT2D eigenvalue weighted by Gasteiger charge is 2.09. The van der Waals surface area contributed by atoms with Crippen molar-refractivity contribution in [1.82, 2.24) is 44.9 Å². The van der Waals surface area contributed by atoms with Crippen LogP contribution in [0.4, 0.5) is 35.7 Å². The molecule has 0 atom stereocenters. The first-order chi connectivity index (χ1) is 19.1. The number of nitrogens with zero attached hydrogens (tertiary/aromatic N) is 9. The summed E-state index contributed by atoms with van der Waals surface area (Å²) >= 11 is 4.67. The molecule has 6 N–H and O–H groups in total. The van der Waals surface area contributed by atoms with Crippen molar-refractivity contribution in [2.45, 2.75) is 36.2 Å². The van der Waals surface area contributed by atoms with Crippen molar-refractivity contribution in [2.24, 2.45) is 0 Å². The molecule has 0 saturated carbocycles. The monoisotopic (exact) mass is 593 g/mol. The standard InChI is InChI=1S/C21H35N15S3/c1-6-37-19-31-13(22-4)28-15(33-19)24-9-11-26-17-30-18(36-21(35-17)39-8-3)27-12-10-25-16-29-14(23-5)32-20(34-16)38-7-2/h6-12H2,1-5H3,(H2,22,24,28,31,33)(H2,23,25,29,32,34)(H2,26,27,30,35,36). The molecule has 212 valence electrons. The summed E-state index contributed by atoms with van der Waals surface area (Å²) in [5, 5.41) is 20.9. The Morgan fingerprint density at radius 2 is 0.667 bits per heavy atom. The van der Waals surface area contributed by atoms with E-state index >= 15 is 0 Å². The van der Waals surface area contributed by atoms with Crippen LogP contribution >= 0.6 is 35.3 Å². The molecule has 18 heteroatoms. The van der Waals surface area contributed by atoms with E-state index in [0.717, 1.165) is 17.3 Å². The lowest BCUT2D eigenvalue weighted by atomic mass is 10.6. The van der Waals surface area contributed by atoms with Gasteiger partial charge in [0.05, 0.1) is 0 Å². The van der Waals surface area contributed by atoms with E-state index in [1.54, 1.807) is 49.4 Å². The molecule has 3 rings (SSSR count). The molecule has 0 unspecified atom stereocenters. The molecular formula is C21H35N15S3. The number of hydrogen-bond acceptors (Lipinski definition) is 18. The maximum atomic E-state index is 4.51. The zero-order valence-electron chi connectivity index (χ0n) is 22.7. The van der Waals surface area contributed by atoms with E-state index in [2.05, 4.69) is 97.5 Å². The van der Waals surface area contributed by atoms with Gasteiger partial charge in [0.1, 0.15) is 0 Å². The average Bonchev–Trinajstić information content (AvgIpc) is 2.94. The van der Waals surface area contributed by atoms with Gasteiger partial charge in [-0.2, -0.15) is 44.9 Å². The van der Waals surface area contributed by atoms with Crippen molar-refractivity contribution in [3.05, 3.63) is 0 Å². The molecule has 0 aliphatic heterocycles. The Labute approximate surface area is 241 Å². The Morgan fingerprint density at radius 3 is 0.923 bits per heavy atom. The van der Waals surface area contributed by atoms with Crippen LogP contribution in [0.2, 0.25) is 0 Å². The zero-order valence-corrected chi connectivity index (χ0v) is 25.1. The van der Waals surface area contributed by atoms with E-state index in [4.69, 9.17) is 0 Å². The molecule has 0 fully saturated rings. The van der Waals surface area contributed by atoms with E-state index in [9.17, 15) is 0 Å². The second kappa shape index (κ2) is 16.8. The van der Waals surface area contributed by atoms with Crippen LogP contribution in [0.5, 0.6) is 0 Å². The summed E-state index contributed by atoms with van der Waals surface area (Å²) < 4.78 is 0. The normalized spacial score (nSPS) is 10.7. The quantitative estimate of drug-likeness (QED) is 0.0931. The number of thioether (sulfide) groups is 3. The van der Waals surface area contributed by atoms with E-state index in [-0.39, 0.29) is 0 Å². The van der Waals surface area contributed by atoms with Crippen LogP contribution in [0.25, 0.3) is 0 Å². The van der Waals surface area contributed by atoms with Crippen molar-refractivity contribution >= 4 is 71.0 Å². The highest BCUT2D eigenvalue weighted by Crippen LogP contribution is 2.18. The minimum atomic E-state index is 0.490. The third-order valence-corrected chi connectivity index (χ3v) is 6.68. The molecule has 0 aromatic carbocycles. The van der Waals surface area contributed by atoms with Crippen molar-refractivity contribution in [3.63, 3.8) is 0 Å². The van der Waals surface area contributed by atoms with E-state index in [0.29, 0.717) is 77.3 Å². The summed E-state index contributed by atoms with van der Waals surface area (Å²) in [6, 6.07) is 0. The summed E-state index contributed by atoms with van der Waals surface area (Å²) in [7, 11) is 3.56. The highest BCUT2D eigenvalue weighted by molar-refractivity contribution is 7.99. The third-order valence-electron chi connectivity index (χ3n) is 4.49. The van der Waals surface area contributed by atoms with Gasteiger partial charge in [-0.1, -0.05) is 56.1 Å². The van der Waals surface area contributed by atoms with Crippen LogP contribution in [0.1, 0.15) is 20.8 Å². The number of rotatable bonds is 18. The summed E-state index contributed by atoms with van der Waals surface area (Å²) in [5.74, 6) is 5.67. The molecule has 0 radical (unpaired) electrons. The van der Waals surface area contributed by atoms with Gasteiger partial charge in [0.25, 0.3) is 0 Å². The fraction of sp³-hybridized carbons (Fsp3) is 0.571. The highest BCUT2D eigenvalue weighted by atomic mass is 32.2. The minimum absolute atomic E-state index is 0.490. The summed E-state index contributed by atoms with van der Waals surface area (Å²) in [6.07, 6.45) is 0. The van der Waals surface area contributed by atoms with Crippen LogP contribution in [0.15, 0.2) is 15.5 Å². The minimum Gasteiger partial charge on any atom is -0.357 e. The third kappa shape index (κ3) is 10.5. The molecule has 0 bridgehead atoms. The maximum absolute atomic E-state index is 4.51. The Hall–Kier alpha value is -3.12. The fourth-order valence-corrected chi connectivity index (χ4v) is 4.57. The lowest BCUT2D eigenvalue weighted by Gasteiger charge is -2.11. The molecule has 3 aromatic rings. The van der Waals surface area contributed by atoms with Crippen LogP contribution in [-0.2, 0) is 0 Å². The molecule has 0 spiro atoms. The Balaban J connectivity index is 1.53. The molecule has 39 heavy (non-hydrogen) atoms. The van der Waals surface area contributed by atoms with Crippen molar-refractivity contribution in [3.8, 4) is 0 Å². The first-order valence-corrected chi connectivity index (χ1v) is 15.5. The number of hydrogen-bond donors (Lipinski definition) is 6. The predicted molar refractivity (Wildman–Crippen MR) is 162 cm³/mol. The van der Waals surface area contributed by atoms with Crippen molar-refractivity contribution in [2.75, 3.05) is 89.4 Å². The molecule has 0 aliphatic carbocycles. The van der Waals surface area contributed by atoms with Gasteiger partial charge in [-0.25, -0.2) is 0 Å². The van der Waals surface area contributed by atoms with E-state index in [1.165, 1.54) is 0 Å². The topological polar surface area (TPSA) is 188 Å². The van der Waals surface area contributed by atoms with Gasteiger partial charge in [-0.3, -0.25) is 0 Å². The van der Waals surface area contributed by atoms with Gasteiger partial charge in [-0.15, -0.1) is 0 Å². The largest absolute Gasteiger partial charge is 0.357 e. The zero-order chi connectivity index (χ0) is 27.9. The average molecular weight is 594 g/mol. The van der Waals surface area contributed by atoms with E-state index < -0.39 is 0 Å². The van der Waals surface area contributed by atoms with Gasteiger partial charge in [-0.05, 0) is 17.3 Å². The van der Waals surface area contributed by atoms with Gasteiger partial charge in [0.15, 0.2) is 15.5 Å². The maximum Gasteiger partial charge on any atom is 0.228 e. The predicted octanol–water partition coefficient (Wildman–Crippen LogP) is 2.71. The molecule has 0 saturated heterocycles. The molecule has 15 nitrogen and oxygen atoms in total. The summed E-state index contributed by atoms with van der Waals surface area (Å²) in [4.78, 5) is 39.8. The van der Waals surface area contributed by atoms with Gasteiger partial charge >= 0.3 is 0 Å². The number of aromatic nitrogens is 9. The molecule has 3 aromatic heterocycles. The fourth-order valence-electron chi connectivity index (χ4n) is 2.89. The van der Waals surface area contributed by atoms with Gasteiger partial charge in [0.2, 0.25) is 35.7 Å².